The summed E-state index contributed by atoms with van der Waals surface area (Å²) in [5.74, 6) is -5.24. The van der Waals surface area contributed by atoms with Crippen LogP contribution >= 0.6 is 0 Å². The van der Waals surface area contributed by atoms with Gasteiger partial charge in [0.15, 0.2) is 42.6 Å². The Morgan fingerprint density at radius 2 is 1.28 bits per heavy atom. The molecule has 9 N–H and O–H groups in total. The van der Waals surface area contributed by atoms with Crippen LogP contribution in [0.2, 0.25) is 0 Å². The molecule has 6 heterocycles. The number of allylic oxidation sites excluding steroid dienone is 3. The first-order chi connectivity index (χ1) is 43.9. The highest BCUT2D eigenvalue weighted by Gasteiger charge is 2.64. The third-order valence-corrected chi connectivity index (χ3v) is 22.4. The van der Waals surface area contributed by atoms with Crippen LogP contribution in [0.5, 0.6) is 0 Å². The molecule has 93 heavy (non-hydrogen) atoms. The van der Waals surface area contributed by atoms with Crippen LogP contribution in [-0.2, 0) is 71.2 Å². The Morgan fingerprint density at radius 3 is 1.92 bits per heavy atom. The van der Waals surface area contributed by atoms with Gasteiger partial charge in [-0.25, -0.2) is 20.0 Å². The van der Waals surface area contributed by atoms with Gasteiger partial charge in [0.2, 0.25) is 5.78 Å². The van der Waals surface area contributed by atoms with E-state index in [0.29, 0.717) is 17.6 Å². The van der Waals surface area contributed by atoms with Crippen molar-refractivity contribution in [2.75, 3.05) is 20.8 Å². The molecule has 1 amide bonds. The van der Waals surface area contributed by atoms with E-state index in [1.165, 1.54) is 21.1 Å². The fourth-order valence-electron chi connectivity index (χ4n) is 17.3. The number of hydroxylamine groups is 2. The fraction of sp³-hybridized carbons (Fsp3) is 0.806. The second kappa shape index (κ2) is 28.5. The molecular weight excluding hydrogens is 1220 g/mol. The molecule has 1 spiro atoms. The first kappa shape index (κ1) is 71.9. The number of Topliss-reactive ketones (excluding diaryl/α,β-unsaturated/α-hetero) is 1. The zero-order valence-electron chi connectivity index (χ0n) is 56.0. The predicted molar refractivity (Wildman–Crippen MR) is 327 cm³/mol. The van der Waals surface area contributed by atoms with Crippen LogP contribution in [-0.4, -0.2) is 215 Å². The van der Waals surface area contributed by atoms with Gasteiger partial charge in [0, 0.05) is 62.4 Å². The normalized spacial score (nSPS) is 49.5. The van der Waals surface area contributed by atoms with Gasteiger partial charge < -0.3 is 103 Å². The number of aliphatic hydroxyl groups excluding tert-OH is 6. The number of methoxy groups -OCH3 is 2. The molecule has 4 aliphatic carbocycles. The zero-order valence-corrected chi connectivity index (χ0v) is 56.0. The molecule has 2 bridgehead atoms. The van der Waals surface area contributed by atoms with Crippen LogP contribution in [0.3, 0.4) is 0 Å². The van der Waals surface area contributed by atoms with Crippen molar-refractivity contribution in [3.8, 4) is 0 Å². The summed E-state index contributed by atoms with van der Waals surface area (Å²) in [6.45, 7) is 21.4. The van der Waals surface area contributed by atoms with E-state index in [9.17, 15) is 50.6 Å². The van der Waals surface area contributed by atoms with Gasteiger partial charge in [-0.3, -0.25) is 4.79 Å². The third-order valence-electron chi connectivity index (χ3n) is 22.4. The number of hydrogen-bond donors (Lipinski definition) is 9. The minimum atomic E-state index is -1.83. The molecule has 0 radical (unpaired) electrons. The SMILES string of the molecule is COC(=O)N[C@H]1[C@@H](C)O[C@@H](O[C@H]2C/C=C(/C)[C@@H]3C=C[C@@H]4[C@@H](O[C@H]5C[C@@H](O[C@H]6C[C@@H](O[C@H]7C[C@@H](O)[C@@H](O)[C@H](C)O7)[C@@H](O[C@@H]7C[C@@H](O)[C@@H](OC)[C@H](C)O7)[C@H](C)O6)[C@@H](O)[C@H](C)O5)[C@@H](C)C[C@H](C)[C@H]4[C@]3(C)C(O)=C3C(=O)O[C@]4(C[C@@H](C)C(CO)=C[C@H]4/C=C/2C)C3=O)C[C@]1(C)[NH+]([O-])O. The van der Waals surface area contributed by atoms with Gasteiger partial charge in [-0.15, -0.1) is 0 Å². The molecule has 0 aromatic carbocycles. The molecule has 7 fully saturated rings. The second-order valence-corrected chi connectivity index (χ2v) is 28.7. The largest absolute Gasteiger partial charge is 0.600 e. The number of carbonyl (C=O) groups excluding carboxylic acids is 3. The fourth-order valence-corrected chi connectivity index (χ4v) is 17.3. The first-order valence-corrected chi connectivity index (χ1v) is 33.3. The Labute approximate surface area is 544 Å². The maximum atomic E-state index is 15.7. The second-order valence-electron chi connectivity index (χ2n) is 28.7. The van der Waals surface area contributed by atoms with Gasteiger partial charge in [0.25, 0.3) is 0 Å². The molecule has 0 aromatic heterocycles. The van der Waals surface area contributed by atoms with Crippen LogP contribution in [0.25, 0.3) is 0 Å². The minimum absolute atomic E-state index is 0.000292. The average Bonchev–Trinajstić information content (AvgIpc) is 1.70. The number of amides is 1. The summed E-state index contributed by atoms with van der Waals surface area (Å²) in [5, 5.41) is 93.4. The van der Waals surface area contributed by atoms with E-state index in [1.54, 1.807) is 46.8 Å². The van der Waals surface area contributed by atoms with Gasteiger partial charge in [0.05, 0.1) is 87.3 Å². The van der Waals surface area contributed by atoms with Gasteiger partial charge in [-0.05, 0) is 103 Å². The molecule has 10 aliphatic rings. The summed E-state index contributed by atoms with van der Waals surface area (Å²) in [6, 6.07) is -0.994. The van der Waals surface area contributed by atoms with E-state index in [2.05, 4.69) is 25.2 Å². The third kappa shape index (κ3) is 13.9. The number of alkyl carbamates (subject to hydrolysis) is 1. The van der Waals surface area contributed by atoms with Crippen molar-refractivity contribution in [2.24, 2.45) is 46.8 Å². The molecule has 524 valence electrons. The summed E-state index contributed by atoms with van der Waals surface area (Å²) < 4.78 is 82.1. The van der Waals surface area contributed by atoms with Crippen LogP contribution < -0.4 is 10.5 Å². The van der Waals surface area contributed by atoms with E-state index in [-0.39, 0.29) is 63.4 Å². The van der Waals surface area contributed by atoms with Crippen LogP contribution in [0.15, 0.2) is 58.4 Å². The average molecular weight is 1320 g/mol. The Bertz CT molecular complexity index is 2830. The minimum Gasteiger partial charge on any atom is -0.600 e. The van der Waals surface area contributed by atoms with Gasteiger partial charge in [0.1, 0.15) is 41.8 Å². The van der Waals surface area contributed by atoms with Crippen LogP contribution in [0.4, 0.5) is 4.79 Å². The number of hydrogen-bond acceptors (Lipinski definition) is 24. The molecule has 0 aromatic rings. The lowest BCUT2D eigenvalue weighted by Gasteiger charge is -2.56. The van der Waals surface area contributed by atoms with Crippen molar-refractivity contribution in [1.29, 1.82) is 0 Å². The maximum Gasteiger partial charge on any atom is 0.407 e. The number of carbonyl (C=O) groups is 3. The van der Waals surface area contributed by atoms with Crippen molar-refractivity contribution < 1.29 is 117 Å². The summed E-state index contributed by atoms with van der Waals surface area (Å²) in [7, 11) is 2.69. The van der Waals surface area contributed by atoms with E-state index in [4.69, 9.17) is 61.6 Å². The molecule has 1 unspecified atom stereocenters. The number of fused-ring (bicyclic) bond motifs is 4. The van der Waals surface area contributed by atoms with Crippen molar-refractivity contribution >= 4 is 17.8 Å². The van der Waals surface area contributed by atoms with Gasteiger partial charge >= 0.3 is 12.1 Å². The molecular formula is C67H102N2O24. The number of quaternary nitrogens is 1. The van der Waals surface area contributed by atoms with Gasteiger partial charge in [-0.2, -0.15) is 0 Å². The topological polar surface area (TPSA) is 352 Å². The molecule has 32 atom stereocenters. The quantitative estimate of drug-likeness (QED) is 0.0514. The Kier molecular flexibility index (Phi) is 22.1. The molecule has 26 nitrogen and oxygen atoms in total. The highest BCUT2D eigenvalue weighted by molar-refractivity contribution is 6.26. The summed E-state index contributed by atoms with van der Waals surface area (Å²) in [4.78, 5) is 43.0. The van der Waals surface area contributed by atoms with E-state index in [1.807, 2.05) is 39.8 Å². The summed E-state index contributed by atoms with van der Waals surface area (Å²) in [5.41, 5.74) is -3.22. The van der Waals surface area contributed by atoms with Crippen LogP contribution in [0, 0.1) is 52.0 Å². The lowest BCUT2D eigenvalue weighted by atomic mass is 9.49. The van der Waals surface area contributed by atoms with E-state index < -0.39 is 210 Å². The Hall–Kier alpha value is -3.85. The summed E-state index contributed by atoms with van der Waals surface area (Å²) in [6.07, 6.45) is -7.60. The van der Waals surface area contributed by atoms with Crippen LogP contribution in [0.1, 0.15) is 134 Å². The van der Waals surface area contributed by atoms with Crippen molar-refractivity contribution in [1.82, 2.24) is 5.32 Å². The number of ketones is 1. The van der Waals surface area contributed by atoms with Gasteiger partial charge in [-0.1, -0.05) is 63.6 Å². The lowest BCUT2D eigenvalue weighted by molar-refractivity contribution is -1.09. The molecule has 1 saturated carbocycles. The Morgan fingerprint density at radius 1 is 0.688 bits per heavy atom. The summed E-state index contributed by atoms with van der Waals surface area (Å²) >= 11 is 0. The van der Waals surface area contributed by atoms with Crippen molar-refractivity contribution in [3.05, 3.63) is 63.6 Å². The monoisotopic (exact) mass is 1320 g/mol. The smallest absolute Gasteiger partial charge is 0.407 e. The zero-order chi connectivity index (χ0) is 67.7. The van der Waals surface area contributed by atoms with E-state index >= 15 is 4.79 Å². The molecule has 6 aliphatic heterocycles. The maximum absolute atomic E-state index is 15.7. The standard InChI is InChI=1S/C67H102N2O24/c1-29-15-18-45(88-52-27-65(11,69(79)80)60(38(10)87-52)68-64(78)82-14)30(2)20-40-21-39(28-70)33(5)26-67(40)62(76)53(63(77)93-67)61(75)66(12)42(29)17-16-41-54(66)31(3)19-32(4)57(41)91-51-24-46(56(74)35(7)84-51)89-50-25-47(90-48-22-43(71)55(73)34(6)83-48)59(37(9)86-50)92-49-23-44(72)58(81-13)36(8)85-49/h15-17,20-21,31-38,40-52,54-60,69-75,79H,18-19,22-28H2,1-14H3,(H,68,78)/b29-15-,30-20+,61-53?/t31-,32-,33+,34-,35-,36-,37-,38+,40+,41-,42-,43+,44+,45-,46+,47+,48-,49+,50-,51-,52-,54+,55-,56-,57-,58-,59-,60-,65-,66+,67-/m0/s1. The molecule has 6 saturated heterocycles. The Balaban J connectivity index is 0.942. The number of nitrogens with one attached hydrogen (secondary N) is 2. The predicted octanol–water partition coefficient (Wildman–Crippen LogP) is 3.95. The van der Waals surface area contributed by atoms with Crippen molar-refractivity contribution in [2.45, 2.75) is 275 Å². The number of ether oxygens (including phenoxy) is 13. The number of rotatable bonds is 14. The molecule has 26 heteroatoms. The highest BCUT2D eigenvalue weighted by Crippen LogP contribution is 2.61. The number of aliphatic hydroxyl groups is 6. The lowest BCUT2D eigenvalue weighted by Crippen LogP contribution is -3.17. The number of esters is 1. The highest BCUT2D eigenvalue weighted by atomic mass is 16.8. The van der Waals surface area contributed by atoms with Crippen molar-refractivity contribution in [3.63, 3.8) is 0 Å². The first-order valence-electron chi connectivity index (χ1n) is 33.3. The van der Waals surface area contributed by atoms with E-state index in [0.717, 1.165) is 5.57 Å². The molecule has 10 rings (SSSR count).